The van der Waals surface area contributed by atoms with Crippen molar-refractivity contribution in [2.75, 3.05) is 12.3 Å². The molecule has 1 unspecified atom stereocenters. The first-order valence-electron chi connectivity index (χ1n) is 20.5. The van der Waals surface area contributed by atoms with Gasteiger partial charge in [0.25, 0.3) is 0 Å². The van der Waals surface area contributed by atoms with E-state index in [1.54, 1.807) is 31.7 Å². The van der Waals surface area contributed by atoms with Crippen LogP contribution in [0.15, 0.2) is 12.7 Å². The number of Topliss-reactive ketones (excluding diaryl/α,β-unsaturated/α-hetero) is 4. The maximum absolute atomic E-state index is 15.0. The summed E-state index contributed by atoms with van der Waals surface area (Å²) >= 11 is 0. The first-order chi connectivity index (χ1) is 24.3. The third kappa shape index (κ3) is 8.86. The lowest BCUT2D eigenvalue weighted by atomic mass is 9.64. The highest BCUT2D eigenvalue weighted by molar-refractivity contribution is 7.92. The Morgan fingerprint density at radius 2 is 1.48 bits per heavy atom. The van der Waals surface area contributed by atoms with E-state index in [9.17, 15) is 27.6 Å². The Balaban J connectivity index is 1.40. The molecule has 5 aliphatic rings. The predicted molar refractivity (Wildman–Crippen MR) is 204 cm³/mol. The quantitative estimate of drug-likeness (QED) is 0.103. The minimum Gasteiger partial charge on any atom is -0.332 e. The zero-order valence-electron chi connectivity index (χ0n) is 33.1. The number of carbonyl (C=O) groups is 5. The molecule has 4 aliphatic carbocycles. The Hall–Kier alpha value is -2.16. The molecule has 1 saturated heterocycles. The fourth-order valence-electron chi connectivity index (χ4n) is 10.4. The number of carbonyl (C=O) groups excluding carboxylic acids is 5. The summed E-state index contributed by atoms with van der Waals surface area (Å²) in [5.74, 6) is -1.99. The van der Waals surface area contributed by atoms with Gasteiger partial charge in [-0.25, -0.2) is 8.42 Å². The van der Waals surface area contributed by atoms with Crippen LogP contribution in [0, 0.1) is 45.8 Å². The minimum atomic E-state index is -3.47. The maximum Gasteiger partial charge on any atom is 0.227 e. The third-order valence-corrected chi connectivity index (χ3v) is 17.1. The van der Waals surface area contributed by atoms with Crippen LogP contribution in [0.2, 0.25) is 0 Å². The highest BCUT2D eigenvalue weighted by atomic mass is 32.2. The van der Waals surface area contributed by atoms with Crippen LogP contribution in [-0.4, -0.2) is 65.4 Å². The molecule has 0 radical (unpaired) electrons. The molecule has 0 N–H and O–H groups in total. The number of likely N-dealkylation sites (tertiary alicyclic amines) is 1. The summed E-state index contributed by atoms with van der Waals surface area (Å²) in [6.07, 6.45) is 13.8. The normalized spacial score (nSPS) is 27.6. The molecule has 1 amide bonds. The van der Waals surface area contributed by atoms with Crippen molar-refractivity contribution in [3.63, 3.8) is 0 Å². The van der Waals surface area contributed by atoms with Crippen molar-refractivity contribution in [1.29, 1.82) is 0 Å². The van der Waals surface area contributed by atoms with E-state index in [1.165, 1.54) is 0 Å². The van der Waals surface area contributed by atoms with Crippen molar-refractivity contribution >= 4 is 38.9 Å². The molecule has 5 rings (SSSR count). The average molecular weight is 742 g/mol. The molecule has 8 nitrogen and oxygen atoms in total. The highest BCUT2D eigenvalue weighted by Gasteiger charge is 2.69. The van der Waals surface area contributed by atoms with Crippen LogP contribution in [0.3, 0.4) is 0 Å². The zero-order valence-corrected chi connectivity index (χ0v) is 33.9. The first kappa shape index (κ1) is 41.0. The predicted octanol–water partition coefficient (Wildman–Crippen LogP) is 8.05. The number of fused-ring (bicyclic) bond motifs is 1. The van der Waals surface area contributed by atoms with Crippen molar-refractivity contribution in [2.45, 2.75) is 168 Å². The molecule has 292 valence electrons. The van der Waals surface area contributed by atoms with Gasteiger partial charge in [0, 0.05) is 38.1 Å². The second kappa shape index (κ2) is 15.5. The molecule has 0 aromatic rings. The summed E-state index contributed by atoms with van der Waals surface area (Å²) in [6.45, 7) is 15.7. The van der Waals surface area contributed by atoms with E-state index in [0.717, 1.165) is 64.2 Å². The minimum absolute atomic E-state index is 0.0108. The number of allylic oxidation sites excluding steroid dienone is 1. The lowest BCUT2D eigenvalue weighted by Gasteiger charge is -2.44. The van der Waals surface area contributed by atoms with E-state index < -0.39 is 54.9 Å². The lowest BCUT2D eigenvalue weighted by Crippen LogP contribution is -2.52. The van der Waals surface area contributed by atoms with Gasteiger partial charge in [-0.1, -0.05) is 78.2 Å². The second-order valence-electron chi connectivity index (χ2n) is 19.7. The van der Waals surface area contributed by atoms with E-state index in [2.05, 4.69) is 27.4 Å². The van der Waals surface area contributed by atoms with Gasteiger partial charge in [0.05, 0.1) is 22.5 Å². The van der Waals surface area contributed by atoms with E-state index in [0.29, 0.717) is 38.1 Å². The van der Waals surface area contributed by atoms with Gasteiger partial charge in [0.2, 0.25) is 11.7 Å². The standard InChI is InChI=1S/C43H67NO7S/c1-8-9-16-34(46)38(48)30(23-29-17-18-29)24-35(47)37-36-33(41(36,5)6)27-44(37)39(49)32(42(7)19-12-10-13-20-42)25-31(45)26-43(21-14-11-15-22-43)28-52(50,51)40(2,3)4/h8,29-30,32-33,36-37H,1,9-28H2,2-7H3/t30-,32-,33?,36+,37-/m1/s1. The van der Waals surface area contributed by atoms with Crippen LogP contribution in [0.25, 0.3) is 0 Å². The Labute approximate surface area is 314 Å². The topological polar surface area (TPSA) is 123 Å². The molecule has 4 saturated carbocycles. The summed E-state index contributed by atoms with van der Waals surface area (Å²) < 4.78 is 26.1. The van der Waals surface area contributed by atoms with Crippen molar-refractivity contribution in [3.8, 4) is 0 Å². The number of nitrogens with zero attached hydrogens (tertiary/aromatic N) is 1. The van der Waals surface area contributed by atoms with E-state index in [1.807, 2.05) is 0 Å². The van der Waals surface area contributed by atoms with Crippen LogP contribution < -0.4 is 0 Å². The van der Waals surface area contributed by atoms with Gasteiger partial charge >= 0.3 is 0 Å². The Kier molecular flexibility index (Phi) is 12.2. The molecule has 1 aliphatic heterocycles. The summed E-state index contributed by atoms with van der Waals surface area (Å²) in [4.78, 5) is 71.9. The highest BCUT2D eigenvalue weighted by Crippen LogP contribution is 2.65. The fourth-order valence-corrected chi connectivity index (χ4v) is 12.1. The number of amides is 1. The summed E-state index contributed by atoms with van der Waals surface area (Å²) in [7, 11) is -3.47. The molecular formula is C43H67NO7S. The van der Waals surface area contributed by atoms with Crippen molar-refractivity contribution in [1.82, 2.24) is 4.90 Å². The van der Waals surface area contributed by atoms with Gasteiger partial charge in [0.1, 0.15) is 5.78 Å². The summed E-state index contributed by atoms with van der Waals surface area (Å²) in [5, 5.41) is 0. The Morgan fingerprint density at radius 1 is 0.885 bits per heavy atom. The third-order valence-electron chi connectivity index (χ3n) is 14.3. The molecule has 5 atom stereocenters. The van der Waals surface area contributed by atoms with Crippen LogP contribution in [0.4, 0.5) is 0 Å². The van der Waals surface area contributed by atoms with Gasteiger partial charge in [-0.05, 0) is 93.3 Å². The van der Waals surface area contributed by atoms with Gasteiger partial charge < -0.3 is 4.90 Å². The van der Waals surface area contributed by atoms with E-state index >= 15 is 4.79 Å². The van der Waals surface area contributed by atoms with Crippen LogP contribution in [-0.2, 0) is 33.8 Å². The van der Waals surface area contributed by atoms with Crippen LogP contribution in [0.1, 0.15) is 157 Å². The molecular weight excluding hydrogens is 675 g/mol. The van der Waals surface area contributed by atoms with Gasteiger partial charge in [-0.3, -0.25) is 24.0 Å². The summed E-state index contributed by atoms with van der Waals surface area (Å²) in [6, 6.07) is -0.670. The van der Waals surface area contributed by atoms with Gasteiger partial charge in [-0.15, -0.1) is 6.58 Å². The SMILES string of the molecule is C=CCCC(=O)C(=O)[C@@H](CC(=O)[C@@H]1[C@@H]2C(CN1C(=O)[C@@H](CC(=O)CC1(CS(=O)(=O)C(C)(C)C)CCCCC1)C1(C)CCCCC1)C2(C)C)CC1CC1. The smallest absolute Gasteiger partial charge is 0.227 e. The summed E-state index contributed by atoms with van der Waals surface area (Å²) in [5.41, 5.74) is -1.13. The van der Waals surface area contributed by atoms with Gasteiger partial charge in [0.15, 0.2) is 21.4 Å². The number of piperidine rings is 1. The average Bonchev–Trinajstić information content (AvgIpc) is 3.92. The maximum atomic E-state index is 15.0. The van der Waals surface area contributed by atoms with Crippen LogP contribution in [0.5, 0.6) is 0 Å². The molecule has 0 bridgehead atoms. The van der Waals surface area contributed by atoms with Gasteiger partial charge in [-0.2, -0.15) is 0 Å². The number of ketones is 4. The molecule has 0 aromatic heterocycles. The molecule has 1 heterocycles. The Bertz CT molecular complexity index is 1500. The molecule has 0 aromatic carbocycles. The second-order valence-corrected chi connectivity index (χ2v) is 22.4. The number of rotatable bonds is 18. The lowest BCUT2D eigenvalue weighted by molar-refractivity contribution is -0.150. The molecule has 52 heavy (non-hydrogen) atoms. The van der Waals surface area contributed by atoms with Crippen molar-refractivity contribution in [2.24, 2.45) is 45.8 Å². The monoisotopic (exact) mass is 741 g/mol. The Morgan fingerprint density at radius 3 is 2.04 bits per heavy atom. The number of hydrogen-bond donors (Lipinski definition) is 0. The molecule has 5 fully saturated rings. The fraction of sp³-hybridized carbons (Fsp3) is 0.837. The van der Waals surface area contributed by atoms with Crippen molar-refractivity contribution in [3.05, 3.63) is 12.7 Å². The molecule has 9 heteroatoms. The largest absolute Gasteiger partial charge is 0.332 e. The first-order valence-corrected chi connectivity index (χ1v) is 22.2. The number of hydrogen-bond acceptors (Lipinski definition) is 7. The zero-order chi connectivity index (χ0) is 38.3. The van der Waals surface area contributed by atoms with E-state index in [-0.39, 0.29) is 66.2 Å². The van der Waals surface area contributed by atoms with Crippen molar-refractivity contribution < 1.29 is 32.4 Å². The number of sulfone groups is 1. The van der Waals surface area contributed by atoms with Crippen LogP contribution >= 0.6 is 0 Å². The molecule has 0 spiro atoms. The van der Waals surface area contributed by atoms with E-state index in [4.69, 9.17) is 0 Å².